The van der Waals surface area contributed by atoms with E-state index in [0.29, 0.717) is 38.6 Å². The van der Waals surface area contributed by atoms with Crippen molar-refractivity contribution in [2.24, 2.45) is 0 Å². The SMILES string of the molecule is CCOc1cc(C2C(C(=O)c3cc4cccc(OC)c4o3)=C(O)C(=O)N2c2ccc(Cl)cc2C)ccc1O. The number of aliphatic hydroxyl groups is 1. The van der Waals surface area contributed by atoms with E-state index in [-0.39, 0.29) is 29.4 Å². The van der Waals surface area contributed by atoms with Gasteiger partial charge in [0.2, 0.25) is 5.78 Å². The first kappa shape index (κ1) is 25.2. The fourth-order valence-corrected chi connectivity index (χ4v) is 4.93. The summed E-state index contributed by atoms with van der Waals surface area (Å²) < 4.78 is 16.8. The number of ketones is 1. The Bertz CT molecular complexity index is 1620. The van der Waals surface area contributed by atoms with Crippen LogP contribution in [0, 0.1) is 6.92 Å². The molecule has 1 aliphatic heterocycles. The molecule has 8 nitrogen and oxygen atoms in total. The number of fused-ring (bicyclic) bond motifs is 1. The molecule has 3 aromatic carbocycles. The van der Waals surface area contributed by atoms with Crippen molar-refractivity contribution in [3.63, 3.8) is 0 Å². The van der Waals surface area contributed by atoms with Crippen molar-refractivity contribution in [2.75, 3.05) is 18.6 Å². The molecule has 0 radical (unpaired) electrons. The number of amides is 1. The van der Waals surface area contributed by atoms with Crippen LogP contribution in [0.5, 0.6) is 17.2 Å². The van der Waals surface area contributed by atoms with Crippen LogP contribution >= 0.6 is 11.6 Å². The van der Waals surface area contributed by atoms with Gasteiger partial charge in [-0.25, -0.2) is 0 Å². The third kappa shape index (κ3) is 4.13. The van der Waals surface area contributed by atoms with Gasteiger partial charge in [-0.2, -0.15) is 0 Å². The van der Waals surface area contributed by atoms with Crippen molar-refractivity contribution < 1.29 is 33.7 Å². The highest BCUT2D eigenvalue weighted by molar-refractivity contribution is 6.30. The van der Waals surface area contributed by atoms with Crippen molar-refractivity contribution in [1.82, 2.24) is 0 Å². The number of aromatic hydroxyl groups is 1. The number of methoxy groups -OCH3 is 1. The maximum absolute atomic E-state index is 13.9. The van der Waals surface area contributed by atoms with E-state index >= 15 is 0 Å². The first-order valence-corrected chi connectivity index (χ1v) is 12.2. The van der Waals surface area contributed by atoms with Crippen LogP contribution in [0.3, 0.4) is 0 Å². The molecule has 5 rings (SSSR count). The highest BCUT2D eigenvalue weighted by Gasteiger charge is 2.46. The fraction of sp³-hybridized carbons (Fsp3) is 0.172. The van der Waals surface area contributed by atoms with E-state index in [1.54, 1.807) is 68.4 Å². The molecule has 1 aromatic heterocycles. The number of rotatable bonds is 7. The van der Waals surface area contributed by atoms with Crippen LogP contribution < -0.4 is 14.4 Å². The number of phenolic OH excluding ortho intramolecular Hbond substituents is 1. The van der Waals surface area contributed by atoms with Gasteiger partial charge in [-0.1, -0.05) is 29.8 Å². The van der Waals surface area contributed by atoms with Gasteiger partial charge in [0.05, 0.1) is 25.3 Å². The molecular formula is C29H24ClNO7. The summed E-state index contributed by atoms with van der Waals surface area (Å²) in [6.07, 6.45) is 0. The second kappa shape index (κ2) is 9.79. The van der Waals surface area contributed by atoms with E-state index in [9.17, 15) is 19.8 Å². The van der Waals surface area contributed by atoms with Crippen molar-refractivity contribution in [1.29, 1.82) is 0 Å². The van der Waals surface area contributed by atoms with Crippen molar-refractivity contribution >= 4 is 39.9 Å². The number of aryl methyl sites for hydroxylation is 1. The van der Waals surface area contributed by atoms with Crippen LogP contribution in [0.4, 0.5) is 5.69 Å². The number of para-hydroxylation sites is 1. The lowest BCUT2D eigenvalue weighted by atomic mass is 9.94. The van der Waals surface area contributed by atoms with Crippen LogP contribution in [-0.4, -0.2) is 35.6 Å². The minimum absolute atomic E-state index is 0.0673. The van der Waals surface area contributed by atoms with Gasteiger partial charge in [0.25, 0.3) is 5.91 Å². The Morgan fingerprint density at radius 2 is 1.87 bits per heavy atom. The van der Waals surface area contributed by atoms with Gasteiger partial charge in [-0.3, -0.25) is 14.5 Å². The van der Waals surface area contributed by atoms with E-state index in [1.165, 1.54) is 18.1 Å². The second-order valence-corrected chi connectivity index (χ2v) is 9.19. The Kier molecular flexibility index (Phi) is 6.50. The molecule has 0 fully saturated rings. The van der Waals surface area contributed by atoms with Crippen molar-refractivity contribution in [2.45, 2.75) is 19.9 Å². The number of carbonyl (C=O) groups is 2. The smallest absolute Gasteiger partial charge is 0.294 e. The summed E-state index contributed by atoms with van der Waals surface area (Å²) in [7, 11) is 1.49. The molecular weight excluding hydrogens is 510 g/mol. The van der Waals surface area contributed by atoms with Gasteiger partial charge in [0.15, 0.2) is 34.4 Å². The molecule has 0 spiro atoms. The number of anilines is 1. The number of phenols is 1. The quantitative estimate of drug-likeness (QED) is 0.269. The minimum Gasteiger partial charge on any atom is -0.504 e. The monoisotopic (exact) mass is 533 g/mol. The molecule has 0 saturated carbocycles. The molecule has 1 unspecified atom stereocenters. The van der Waals surface area contributed by atoms with Gasteiger partial charge < -0.3 is 24.1 Å². The van der Waals surface area contributed by atoms with Crippen LogP contribution in [0.2, 0.25) is 5.02 Å². The lowest BCUT2D eigenvalue weighted by molar-refractivity contribution is -0.117. The van der Waals surface area contributed by atoms with Gasteiger partial charge in [0, 0.05) is 16.1 Å². The fourth-order valence-electron chi connectivity index (χ4n) is 4.70. The van der Waals surface area contributed by atoms with Crippen molar-refractivity contribution in [3.8, 4) is 17.2 Å². The number of aliphatic hydroxyl groups excluding tert-OH is 1. The molecule has 1 atom stereocenters. The first-order valence-electron chi connectivity index (χ1n) is 11.8. The number of benzene rings is 3. The third-order valence-corrected chi connectivity index (χ3v) is 6.66. The zero-order valence-corrected chi connectivity index (χ0v) is 21.6. The molecule has 2 N–H and O–H groups in total. The molecule has 0 aliphatic carbocycles. The number of nitrogens with zero attached hydrogens (tertiary/aromatic N) is 1. The maximum Gasteiger partial charge on any atom is 0.294 e. The maximum atomic E-state index is 13.9. The van der Waals surface area contributed by atoms with E-state index in [2.05, 4.69) is 0 Å². The highest BCUT2D eigenvalue weighted by atomic mass is 35.5. The van der Waals surface area contributed by atoms with Gasteiger partial charge in [-0.05, 0) is 67.4 Å². The Balaban J connectivity index is 1.70. The molecule has 38 heavy (non-hydrogen) atoms. The number of hydrogen-bond acceptors (Lipinski definition) is 7. The Labute approximate surface area is 223 Å². The Morgan fingerprint density at radius 1 is 1.08 bits per heavy atom. The molecule has 194 valence electrons. The summed E-state index contributed by atoms with van der Waals surface area (Å²) in [6.45, 7) is 3.83. The van der Waals surface area contributed by atoms with Crippen LogP contribution in [-0.2, 0) is 4.79 Å². The Hall–Kier alpha value is -4.43. The zero-order valence-electron chi connectivity index (χ0n) is 20.8. The molecule has 0 bridgehead atoms. The predicted molar refractivity (Wildman–Crippen MR) is 142 cm³/mol. The average molecular weight is 534 g/mol. The zero-order chi connectivity index (χ0) is 27.1. The molecule has 9 heteroatoms. The summed E-state index contributed by atoms with van der Waals surface area (Å²) in [5.74, 6) is -1.67. The summed E-state index contributed by atoms with van der Waals surface area (Å²) >= 11 is 6.15. The topological polar surface area (TPSA) is 109 Å². The number of hydrogen-bond donors (Lipinski definition) is 2. The second-order valence-electron chi connectivity index (χ2n) is 8.75. The van der Waals surface area contributed by atoms with Crippen LogP contribution in [0.25, 0.3) is 11.0 Å². The van der Waals surface area contributed by atoms with E-state index in [0.717, 1.165) is 0 Å². The minimum atomic E-state index is -1.05. The van der Waals surface area contributed by atoms with E-state index < -0.39 is 23.5 Å². The van der Waals surface area contributed by atoms with Crippen LogP contribution in [0.15, 0.2) is 76.4 Å². The number of Topliss-reactive ketones (excluding diaryl/α,β-unsaturated/α-hetero) is 1. The van der Waals surface area contributed by atoms with E-state index in [4.69, 9.17) is 25.5 Å². The molecule has 4 aromatic rings. The van der Waals surface area contributed by atoms with Gasteiger partial charge in [-0.15, -0.1) is 0 Å². The van der Waals surface area contributed by atoms with Crippen molar-refractivity contribution in [3.05, 3.63) is 93.9 Å². The standard InChI is InChI=1S/C29H24ClNO7/c1-4-37-22-13-16(8-11-20(22)32)25-24(26(33)23-14-17-6-5-7-21(36-3)28(17)38-23)27(34)29(35)31(25)19-10-9-18(30)12-15(19)2/h5-14,25,32,34H,4H2,1-3H3. The number of halogens is 1. The summed E-state index contributed by atoms with van der Waals surface area (Å²) in [4.78, 5) is 28.8. The van der Waals surface area contributed by atoms with Crippen LogP contribution in [0.1, 0.15) is 34.6 Å². The number of carbonyl (C=O) groups excluding carboxylic acids is 2. The van der Waals surface area contributed by atoms with Gasteiger partial charge >= 0.3 is 0 Å². The molecule has 2 heterocycles. The molecule has 1 amide bonds. The van der Waals surface area contributed by atoms with Gasteiger partial charge in [0.1, 0.15) is 0 Å². The summed E-state index contributed by atoms with van der Waals surface area (Å²) in [5, 5.41) is 22.5. The lowest BCUT2D eigenvalue weighted by Crippen LogP contribution is -2.31. The number of furan rings is 1. The summed E-state index contributed by atoms with van der Waals surface area (Å²) in [5.41, 5.74) is 1.75. The average Bonchev–Trinajstić information content (AvgIpc) is 3.45. The number of ether oxygens (including phenoxy) is 2. The summed E-state index contributed by atoms with van der Waals surface area (Å²) in [6, 6.07) is 15.2. The highest BCUT2D eigenvalue weighted by Crippen LogP contribution is 2.45. The largest absolute Gasteiger partial charge is 0.504 e. The molecule has 0 saturated heterocycles. The predicted octanol–water partition coefficient (Wildman–Crippen LogP) is 6.29. The normalized spacial score (nSPS) is 15.4. The Morgan fingerprint density at radius 3 is 2.58 bits per heavy atom. The van der Waals surface area contributed by atoms with E-state index in [1.807, 2.05) is 0 Å². The molecule has 1 aliphatic rings. The third-order valence-electron chi connectivity index (χ3n) is 6.42. The first-order chi connectivity index (χ1) is 18.2. The lowest BCUT2D eigenvalue weighted by Gasteiger charge is -2.28.